The van der Waals surface area contributed by atoms with Crippen molar-refractivity contribution in [2.45, 2.75) is 32.8 Å². The molecule has 0 fully saturated rings. The van der Waals surface area contributed by atoms with Crippen LogP contribution < -0.4 is 0 Å². The number of halogens is 1. The van der Waals surface area contributed by atoms with Gasteiger partial charge in [-0.3, -0.25) is 4.68 Å². The van der Waals surface area contributed by atoms with E-state index in [9.17, 15) is 5.11 Å². The van der Waals surface area contributed by atoms with Crippen molar-refractivity contribution < 1.29 is 5.11 Å². The van der Waals surface area contributed by atoms with Gasteiger partial charge in [0.05, 0.1) is 11.8 Å². The zero-order valence-electron chi connectivity index (χ0n) is 11.5. The average Bonchev–Trinajstić information content (AvgIpc) is 2.73. The molecule has 19 heavy (non-hydrogen) atoms. The van der Waals surface area contributed by atoms with Gasteiger partial charge in [0, 0.05) is 24.2 Å². The van der Waals surface area contributed by atoms with Crippen LogP contribution in [0.4, 0.5) is 0 Å². The molecule has 0 bridgehead atoms. The van der Waals surface area contributed by atoms with Gasteiger partial charge in [-0.15, -0.1) is 0 Å². The fourth-order valence-electron chi connectivity index (χ4n) is 2.21. The smallest absolute Gasteiger partial charge is 0.0848 e. The summed E-state index contributed by atoms with van der Waals surface area (Å²) in [6.07, 6.45) is 0.893. The van der Waals surface area contributed by atoms with E-state index in [1.54, 1.807) is 0 Å². The van der Waals surface area contributed by atoms with Gasteiger partial charge in [-0.2, -0.15) is 5.10 Å². The Morgan fingerprint density at radius 1 is 1.37 bits per heavy atom. The highest BCUT2D eigenvalue weighted by Gasteiger charge is 2.14. The molecule has 0 saturated carbocycles. The molecular formula is C15H19ClN2O. The first kappa shape index (κ1) is 14.1. The second-order valence-electron chi connectivity index (χ2n) is 4.83. The van der Waals surface area contributed by atoms with Gasteiger partial charge in [-0.1, -0.05) is 24.6 Å². The number of nitrogens with zero attached hydrogens (tertiary/aromatic N) is 2. The van der Waals surface area contributed by atoms with Crippen molar-refractivity contribution in [2.24, 2.45) is 7.05 Å². The Kier molecular flexibility index (Phi) is 4.27. The molecule has 0 spiro atoms. The van der Waals surface area contributed by atoms with Crippen molar-refractivity contribution >= 4 is 11.6 Å². The summed E-state index contributed by atoms with van der Waals surface area (Å²) in [6, 6.07) is 7.65. The summed E-state index contributed by atoms with van der Waals surface area (Å²) < 4.78 is 1.84. The van der Waals surface area contributed by atoms with E-state index in [0.29, 0.717) is 11.4 Å². The minimum absolute atomic E-state index is 0.546. The predicted octanol–water partition coefficient (Wildman–Crippen LogP) is 3.22. The number of hydrogen-bond acceptors (Lipinski definition) is 2. The molecule has 0 radical (unpaired) electrons. The van der Waals surface area contributed by atoms with E-state index in [1.165, 1.54) is 0 Å². The standard InChI is InChI=1S/C15H19ClN2O/c1-4-12-8-13(18(3)17-12)9-15(19)14-7-11(16)6-5-10(14)2/h5-8,15,19H,4,9H2,1-3H3. The summed E-state index contributed by atoms with van der Waals surface area (Å²) in [6.45, 7) is 4.05. The summed E-state index contributed by atoms with van der Waals surface area (Å²) in [5.74, 6) is 0. The van der Waals surface area contributed by atoms with Crippen molar-refractivity contribution in [3.8, 4) is 0 Å². The first-order valence-electron chi connectivity index (χ1n) is 6.47. The Balaban J connectivity index is 2.22. The van der Waals surface area contributed by atoms with Crippen LogP contribution in [0.3, 0.4) is 0 Å². The van der Waals surface area contributed by atoms with Crippen LogP contribution >= 0.6 is 11.6 Å². The van der Waals surface area contributed by atoms with Crippen molar-refractivity contribution in [3.05, 3.63) is 51.8 Å². The van der Waals surface area contributed by atoms with Crippen LogP contribution in [0.1, 0.15) is 35.5 Å². The van der Waals surface area contributed by atoms with Crippen LogP contribution in [0, 0.1) is 6.92 Å². The van der Waals surface area contributed by atoms with E-state index in [-0.39, 0.29) is 0 Å². The van der Waals surface area contributed by atoms with E-state index in [4.69, 9.17) is 11.6 Å². The van der Waals surface area contributed by atoms with Crippen LogP contribution in [-0.4, -0.2) is 14.9 Å². The van der Waals surface area contributed by atoms with E-state index >= 15 is 0 Å². The lowest BCUT2D eigenvalue weighted by Crippen LogP contribution is -2.07. The van der Waals surface area contributed by atoms with Gasteiger partial charge >= 0.3 is 0 Å². The summed E-state index contributed by atoms with van der Waals surface area (Å²) in [5.41, 5.74) is 4.01. The molecule has 0 aliphatic carbocycles. The molecule has 3 nitrogen and oxygen atoms in total. The molecule has 0 aliphatic rings. The maximum absolute atomic E-state index is 10.4. The van der Waals surface area contributed by atoms with Crippen LogP contribution in [0.25, 0.3) is 0 Å². The molecule has 0 amide bonds. The first-order valence-corrected chi connectivity index (χ1v) is 6.85. The minimum atomic E-state index is -0.557. The molecule has 0 saturated heterocycles. The monoisotopic (exact) mass is 278 g/mol. The fourth-order valence-corrected chi connectivity index (χ4v) is 2.39. The number of rotatable bonds is 4. The van der Waals surface area contributed by atoms with Crippen LogP contribution in [-0.2, 0) is 19.9 Å². The largest absolute Gasteiger partial charge is 0.388 e. The molecule has 1 aromatic carbocycles. The third-order valence-corrected chi connectivity index (χ3v) is 3.63. The summed E-state index contributed by atoms with van der Waals surface area (Å²) >= 11 is 5.99. The Morgan fingerprint density at radius 3 is 2.74 bits per heavy atom. The topological polar surface area (TPSA) is 38.0 Å². The fraction of sp³-hybridized carbons (Fsp3) is 0.400. The number of aliphatic hydroxyl groups excluding tert-OH is 1. The molecule has 1 heterocycles. The van der Waals surface area contributed by atoms with Crippen molar-refractivity contribution in [1.29, 1.82) is 0 Å². The Labute approximate surface area is 118 Å². The number of hydrogen-bond donors (Lipinski definition) is 1. The minimum Gasteiger partial charge on any atom is -0.388 e. The Morgan fingerprint density at radius 2 is 2.11 bits per heavy atom. The Bertz CT molecular complexity index is 578. The van der Waals surface area contributed by atoms with Gasteiger partial charge in [0.25, 0.3) is 0 Å². The second kappa shape index (κ2) is 5.76. The van der Waals surface area contributed by atoms with Crippen LogP contribution in [0.15, 0.2) is 24.3 Å². The first-order chi connectivity index (χ1) is 9.01. The van der Waals surface area contributed by atoms with Gasteiger partial charge in [0.15, 0.2) is 0 Å². The van der Waals surface area contributed by atoms with Crippen molar-refractivity contribution in [3.63, 3.8) is 0 Å². The molecule has 1 atom stereocenters. The summed E-state index contributed by atoms with van der Waals surface area (Å²) in [7, 11) is 1.91. The van der Waals surface area contributed by atoms with Crippen LogP contribution in [0.2, 0.25) is 5.02 Å². The number of aliphatic hydroxyl groups is 1. The van der Waals surface area contributed by atoms with Gasteiger partial charge < -0.3 is 5.11 Å². The third kappa shape index (κ3) is 3.17. The molecular weight excluding hydrogens is 260 g/mol. The summed E-state index contributed by atoms with van der Waals surface area (Å²) in [4.78, 5) is 0. The molecule has 0 aliphatic heterocycles. The summed E-state index contributed by atoms with van der Waals surface area (Å²) in [5, 5.41) is 15.4. The zero-order chi connectivity index (χ0) is 14.0. The Hall–Kier alpha value is -1.32. The highest BCUT2D eigenvalue weighted by Crippen LogP contribution is 2.25. The number of aryl methyl sites for hydroxylation is 3. The van der Waals surface area contributed by atoms with E-state index in [1.807, 2.05) is 42.9 Å². The lowest BCUT2D eigenvalue weighted by molar-refractivity contribution is 0.175. The highest BCUT2D eigenvalue weighted by molar-refractivity contribution is 6.30. The molecule has 1 N–H and O–H groups in total. The van der Waals surface area contributed by atoms with E-state index in [0.717, 1.165) is 28.9 Å². The molecule has 4 heteroatoms. The lowest BCUT2D eigenvalue weighted by Gasteiger charge is -2.14. The predicted molar refractivity (Wildman–Crippen MR) is 77.4 cm³/mol. The van der Waals surface area contributed by atoms with Gasteiger partial charge in [-0.25, -0.2) is 0 Å². The quantitative estimate of drug-likeness (QED) is 0.932. The third-order valence-electron chi connectivity index (χ3n) is 3.39. The van der Waals surface area contributed by atoms with Crippen LogP contribution in [0.5, 0.6) is 0 Å². The van der Waals surface area contributed by atoms with Gasteiger partial charge in [0.2, 0.25) is 0 Å². The lowest BCUT2D eigenvalue weighted by atomic mass is 10.00. The van der Waals surface area contributed by atoms with Gasteiger partial charge in [0.1, 0.15) is 0 Å². The molecule has 2 aromatic rings. The zero-order valence-corrected chi connectivity index (χ0v) is 12.3. The molecule has 1 aromatic heterocycles. The van der Waals surface area contributed by atoms with E-state index in [2.05, 4.69) is 12.0 Å². The van der Waals surface area contributed by atoms with Gasteiger partial charge in [-0.05, 0) is 42.7 Å². The van der Waals surface area contributed by atoms with Crippen molar-refractivity contribution in [1.82, 2.24) is 9.78 Å². The number of benzene rings is 1. The maximum Gasteiger partial charge on any atom is 0.0848 e. The second-order valence-corrected chi connectivity index (χ2v) is 5.26. The normalized spacial score (nSPS) is 12.7. The van der Waals surface area contributed by atoms with E-state index < -0.39 is 6.10 Å². The maximum atomic E-state index is 10.4. The highest BCUT2D eigenvalue weighted by atomic mass is 35.5. The molecule has 1 unspecified atom stereocenters. The van der Waals surface area contributed by atoms with Crippen molar-refractivity contribution in [2.75, 3.05) is 0 Å². The average molecular weight is 279 g/mol. The SMILES string of the molecule is CCc1cc(CC(O)c2cc(Cl)ccc2C)n(C)n1. The molecule has 2 rings (SSSR count). The number of aromatic nitrogens is 2. The molecule has 102 valence electrons.